The third-order valence-electron chi connectivity index (χ3n) is 1.50. The zero-order valence-corrected chi connectivity index (χ0v) is 8.44. The van der Waals surface area contributed by atoms with Gasteiger partial charge < -0.3 is 10.5 Å². The first-order chi connectivity index (χ1) is 6.15. The van der Waals surface area contributed by atoms with E-state index < -0.39 is 11.8 Å². The Hall–Kier alpha value is -1.29. The molecule has 2 N–H and O–H groups in total. The standard InChI is InChI=1S/C9H10FNO2.ClH/c1-2-8(12)13-9-6(10)4-3-5-7(9)11;/h3-5H,2,11H2,1H3;1H. The molecule has 5 heteroatoms. The lowest BCUT2D eigenvalue weighted by Crippen LogP contribution is -2.08. The molecule has 0 atom stereocenters. The molecule has 0 radical (unpaired) electrons. The summed E-state index contributed by atoms with van der Waals surface area (Å²) in [6.45, 7) is 1.62. The largest absolute Gasteiger partial charge is 0.421 e. The van der Waals surface area contributed by atoms with Gasteiger partial charge >= 0.3 is 5.97 Å². The predicted octanol–water partition coefficient (Wildman–Crippen LogP) is 2.15. The molecule has 0 saturated heterocycles. The molecule has 14 heavy (non-hydrogen) atoms. The van der Waals surface area contributed by atoms with Gasteiger partial charge in [-0.1, -0.05) is 13.0 Å². The maximum atomic E-state index is 13.0. The Balaban J connectivity index is 0.00000169. The van der Waals surface area contributed by atoms with Crippen LogP contribution in [0.5, 0.6) is 5.75 Å². The van der Waals surface area contributed by atoms with Crippen LogP contribution in [0.4, 0.5) is 10.1 Å². The summed E-state index contributed by atoms with van der Waals surface area (Å²) in [4.78, 5) is 10.8. The molecule has 0 aromatic heterocycles. The minimum Gasteiger partial charge on any atom is -0.421 e. The smallest absolute Gasteiger partial charge is 0.311 e. The molecule has 0 amide bonds. The second kappa shape index (κ2) is 5.44. The predicted molar refractivity (Wildman–Crippen MR) is 54.0 cm³/mol. The monoisotopic (exact) mass is 219 g/mol. The number of rotatable bonds is 2. The quantitative estimate of drug-likeness (QED) is 0.471. The van der Waals surface area contributed by atoms with Crippen LogP contribution >= 0.6 is 12.4 Å². The molecule has 78 valence electrons. The Labute approximate surface area is 87.5 Å². The second-order valence-electron chi connectivity index (χ2n) is 2.49. The maximum absolute atomic E-state index is 13.0. The molecule has 0 aliphatic heterocycles. The van der Waals surface area contributed by atoms with Crippen molar-refractivity contribution in [3.8, 4) is 5.75 Å². The van der Waals surface area contributed by atoms with Crippen LogP contribution in [0.25, 0.3) is 0 Å². The molecule has 1 rings (SSSR count). The molecule has 0 saturated carbocycles. The Bertz CT molecular complexity index is 310. The number of halogens is 2. The molecular weight excluding hydrogens is 209 g/mol. The van der Waals surface area contributed by atoms with E-state index >= 15 is 0 Å². The van der Waals surface area contributed by atoms with Crippen LogP contribution in [0.15, 0.2) is 18.2 Å². The van der Waals surface area contributed by atoms with E-state index in [1.165, 1.54) is 18.2 Å². The average Bonchev–Trinajstić information content (AvgIpc) is 2.11. The summed E-state index contributed by atoms with van der Waals surface area (Å²) in [6.07, 6.45) is 0.188. The highest BCUT2D eigenvalue weighted by atomic mass is 35.5. The lowest BCUT2D eigenvalue weighted by Gasteiger charge is -2.06. The fourth-order valence-electron chi connectivity index (χ4n) is 0.819. The topological polar surface area (TPSA) is 52.3 Å². The number of carbonyl (C=O) groups excluding carboxylic acids is 1. The third-order valence-corrected chi connectivity index (χ3v) is 1.50. The summed E-state index contributed by atoms with van der Waals surface area (Å²) < 4.78 is 17.7. The van der Waals surface area contributed by atoms with Gasteiger partial charge in [0.05, 0.1) is 5.69 Å². The number of hydrogen-bond acceptors (Lipinski definition) is 3. The van der Waals surface area contributed by atoms with E-state index in [9.17, 15) is 9.18 Å². The molecule has 3 nitrogen and oxygen atoms in total. The number of nitrogens with two attached hydrogens (primary N) is 1. The zero-order valence-electron chi connectivity index (χ0n) is 7.62. The normalized spacial score (nSPS) is 9.00. The molecule has 0 heterocycles. The van der Waals surface area contributed by atoms with Crippen LogP contribution in [0.2, 0.25) is 0 Å². The van der Waals surface area contributed by atoms with Gasteiger partial charge in [0.25, 0.3) is 0 Å². The molecule has 0 fully saturated rings. The van der Waals surface area contributed by atoms with E-state index in [0.29, 0.717) is 0 Å². The Morgan fingerprint density at radius 1 is 1.57 bits per heavy atom. The van der Waals surface area contributed by atoms with Gasteiger partial charge in [0.2, 0.25) is 0 Å². The van der Waals surface area contributed by atoms with E-state index in [2.05, 4.69) is 4.74 Å². The number of nitrogen functional groups attached to an aromatic ring is 1. The summed E-state index contributed by atoms with van der Waals surface area (Å²) in [5.74, 6) is -1.31. The van der Waals surface area contributed by atoms with Crippen LogP contribution < -0.4 is 10.5 Å². The lowest BCUT2D eigenvalue weighted by atomic mass is 10.3. The molecule has 0 aliphatic carbocycles. The summed E-state index contributed by atoms with van der Waals surface area (Å²) in [5.41, 5.74) is 5.53. The van der Waals surface area contributed by atoms with E-state index in [1.54, 1.807) is 6.92 Å². The van der Waals surface area contributed by atoms with Crippen molar-refractivity contribution in [2.75, 3.05) is 5.73 Å². The maximum Gasteiger partial charge on any atom is 0.311 e. The van der Waals surface area contributed by atoms with Crippen LogP contribution in [0, 0.1) is 5.82 Å². The number of para-hydroxylation sites is 1. The zero-order chi connectivity index (χ0) is 9.84. The molecule has 1 aromatic rings. The van der Waals surface area contributed by atoms with Crippen molar-refractivity contribution >= 4 is 24.1 Å². The minimum atomic E-state index is -0.623. The number of benzene rings is 1. The van der Waals surface area contributed by atoms with Crippen molar-refractivity contribution in [1.82, 2.24) is 0 Å². The summed E-state index contributed by atoms with van der Waals surface area (Å²) >= 11 is 0. The van der Waals surface area contributed by atoms with Crippen LogP contribution in [-0.2, 0) is 4.79 Å². The van der Waals surface area contributed by atoms with E-state index in [1.807, 2.05) is 0 Å². The Kier molecular flexibility index (Phi) is 4.94. The van der Waals surface area contributed by atoms with Gasteiger partial charge in [-0.05, 0) is 12.1 Å². The molecule has 1 aromatic carbocycles. The fourth-order valence-corrected chi connectivity index (χ4v) is 0.819. The summed E-state index contributed by atoms with van der Waals surface area (Å²) in [7, 11) is 0. The van der Waals surface area contributed by atoms with Crippen molar-refractivity contribution in [1.29, 1.82) is 0 Å². The van der Waals surface area contributed by atoms with E-state index in [-0.39, 0.29) is 30.3 Å². The van der Waals surface area contributed by atoms with E-state index in [0.717, 1.165) is 0 Å². The van der Waals surface area contributed by atoms with E-state index in [4.69, 9.17) is 5.73 Å². The van der Waals surface area contributed by atoms with Gasteiger partial charge in [-0.25, -0.2) is 4.39 Å². The minimum absolute atomic E-state index is 0. The number of esters is 1. The number of anilines is 1. The summed E-state index contributed by atoms with van der Waals surface area (Å²) in [6, 6.07) is 4.12. The highest BCUT2D eigenvalue weighted by Gasteiger charge is 2.10. The van der Waals surface area contributed by atoms with Crippen LogP contribution in [0.3, 0.4) is 0 Å². The van der Waals surface area contributed by atoms with Crippen LogP contribution in [0.1, 0.15) is 13.3 Å². The van der Waals surface area contributed by atoms with Gasteiger partial charge in [-0.3, -0.25) is 4.79 Å². The second-order valence-corrected chi connectivity index (χ2v) is 2.49. The van der Waals surface area contributed by atoms with Gasteiger partial charge in [0, 0.05) is 6.42 Å². The Morgan fingerprint density at radius 2 is 2.21 bits per heavy atom. The number of ether oxygens (including phenoxy) is 1. The highest BCUT2D eigenvalue weighted by molar-refractivity contribution is 5.85. The molecule has 0 spiro atoms. The molecule has 0 aliphatic rings. The van der Waals surface area contributed by atoms with Gasteiger partial charge in [0.1, 0.15) is 0 Å². The lowest BCUT2D eigenvalue weighted by molar-refractivity contribution is -0.134. The fraction of sp³-hybridized carbons (Fsp3) is 0.222. The van der Waals surface area contributed by atoms with Crippen molar-refractivity contribution in [2.45, 2.75) is 13.3 Å². The Morgan fingerprint density at radius 3 is 2.71 bits per heavy atom. The van der Waals surface area contributed by atoms with Crippen molar-refractivity contribution in [2.24, 2.45) is 0 Å². The summed E-state index contributed by atoms with van der Waals surface area (Å²) in [5, 5.41) is 0. The van der Waals surface area contributed by atoms with Crippen LogP contribution in [-0.4, -0.2) is 5.97 Å². The third kappa shape index (κ3) is 2.88. The average molecular weight is 220 g/mol. The van der Waals surface area contributed by atoms with Crippen molar-refractivity contribution in [3.05, 3.63) is 24.0 Å². The molecule has 0 bridgehead atoms. The van der Waals surface area contributed by atoms with Gasteiger partial charge in [0.15, 0.2) is 11.6 Å². The first-order valence-corrected chi connectivity index (χ1v) is 3.89. The SMILES string of the molecule is CCC(=O)Oc1c(N)cccc1F.Cl. The number of hydrogen-bond donors (Lipinski definition) is 1. The molecule has 0 unspecified atom stereocenters. The van der Waals surface area contributed by atoms with Crippen molar-refractivity contribution in [3.63, 3.8) is 0 Å². The first-order valence-electron chi connectivity index (χ1n) is 3.89. The first kappa shape index (κ1) is 12.7. The van der Waals surface area contributed by atoms with Gasteiger partial charge in [-0.15, -0.1) is 12.4 Å². The van der Waals surface area contributed by atoms with Crippen molar-refractivity contribution < 1.29 is 13.9 Å². The number of carbonyl (C=O) groups is 1. The molecular formula is C9H11ClFNO2. The van der Waals surface area contributed by atoms with Gasteiger partial charge in [-0.2, -0.15) is 0 Å². The highest BCUT2D eigenvalue weighted by Crippen LogP contribution is 2.24.